The van der Waals surface area contributed by atoms with Crippen LogP contribution >= 0.6 is 0 Å². The van der Waals surface area contributed by atoms with Crippen molar-refractivity contribution in [2.75, 3.05) is 0 Å². The summed E-state index contributed by atoms with van der Waals surface area (Å²) >= 11 is 0. The summed E-state index contributed by atoms with van der Waals surface area (Å²) < 4.78 is 17.2. The second-order valence-electron chi connectivity index (χ2n) is 10.1. The molecule has 0 radical (unpaired) electrons. The molecule has 0 spiro atoms. The molecule has 5 nitrogen and oxygen atoms in total. The zero-order chi connectivity index (χ0) is 28.0. The van der Waals surface area contributed by atoms with Gasteiger partial charge in [-0.05, 0) is 53.2 Å². The van der Waals surface area contributed by atoms with Crippen molar-refractivity contribution in [1.29, 1.82) is 0 Å². The number of halogens is 1. The average molecular weight is 544 g/mol. The first kappa shape index (κ1) is 24.1. The molecule has 198 valence electrons. The maximum absolute atomic E-state index is 15.1. The van der Waals surface area contributed by atoms with Crippen molar-refractivity contribution in [2.45, 2.75) is 0 Å². The van der Waals surface area contributed by atoms with E-state index in [1.165, 1.54) is 12.1 Å². The van der Waals surface area contributed by atoms with Gasteiger partial charge in [0.1, 0.15) is 11.6 Å². The van der Waals surface area contributed by atoms with Gasteiger partial charge in [-0.25, -0.2) is 19.3 Å². The van der Waals surface area contributed by atoms with E-state index in [1.807, 2.05) is 78.9 Å². The molecule has 5 heterocycles. The van der Waals surface area contributed by atoms with Crippen LogP contribution in [0.2, 0.25) is 0 Å². The Balaban J connectivity index is 1.24. The van der Waals surface area contributed by atoms with Gasteiger partial charge in [0.2, 0.25) is 0 Å². The molecule has 0 saturated heterocycles. The quantitative estimate of drug-likeness (QED) is 0.223. The van der Waals surface area contributed by atoms with Crippen molar-refractivity contribution in [3.05, 3.63) is 139 Å². The first-order chi connectivity index (χ1) is 20.7. The summed E-state index contributed by atoms with van der Waals surface area (Å²) in [6.45, 7) is 0. The summed E-state index contributed by atoms with van der Waals surface area (Å²) in [6, 6.07) is 40.7. The van der Waals surface area contributed by atoms with Crippen LogP contribution in [0.3, 0.4) is 0 Å². The smallest absolute Gasteiger partial charge is 0.138 e. The van der Waals surface area contributed by atoms with Gasteiger partial charge in [0, 0.05) is 29.3 Å². The molecule has 0 aliphatic rings. The van der Waals surface area contributed by atoms with E-state index in [0.29, 0.717) is 28.6 Å². The molecule has 8 rings (SSSR count). The number of aromatic nitrogens is 5. The lowest BCUT2D eigenvalue weighted by atomic mass is 10.0. The average Bonchev–Trinajstić information content (AvgIpc) is 3.39. The van der Waals surface area contributed by atoms with E-state index in [2.05, 4.69) is 45.9 Å². The SMILES string of the molecule is Fc1cc(-c2cccc(-c3cccc4ccccc34)n2)nc(-c2cccc(-n3c4ccccc4c4ncccc43)n2)c1. The van der Waals surface area contributed by atoms with Gasteiger partial charge < -0.3 is 0 Å². The molecule has 8 aromatic rings. The number of benzene rings is 3. The van der Waals surface area contributed by atoms with Crippen molar-refractivity contribution in [1.82, 2.24) is 24.5 Å². The standard InChI is InChI=1S/C36H22FN5/c37-24-21-31(29-15-6-14-28(39-29)26-13-5-10-23-9-1-2-11-25(23)26)40-32(22-24)30-16-7-19-35(41-30)42-33-17-4-3-12-27(33)36-34(42)18-8-20-38-36/h1-22H. The van der Waals surface area contributed by atoms with E-state index in [9.17, 15) is 0 Å². The van der Waals surface area contributed by atoms with Crippen molar-refractivity contribution in [2.24, 2.45) is 0 Å². The summed E-state index contributed by atoms with van der Waals surface area (Å²) in [5.74, 6) is 0.302. The van der Waals surface area contributed by atoms with Gasteiger partial charge in [-0.15, -0.1) is 0 Å². The highest BCUT2D eigenvalue weighted by Crippen LogP contribution is 2.32. The van der Waals surface area contributed by atoms with Crippen LogP contribution in [0.1, 0.15) is 0 Å². The number of fused-ring (bicyclic) bond motifs is 4. The fourth-order valence-electron chi connectivity index (χ4n) is 5.66. The summed E-state index contributed by atoms with van der Waals surface area (Å²) in [5, 5.41) is 3.29. The third kappa shape index (κ3) is 4.00. The number of para-hydroxylation sites is 1. The first-order valence-electron chi connectivity index (χ1n) is 13.7. The van der Waals surface area contributed by atoms with Crippen LogP contribution < -0.4 is 0 Å². The Labute approximate surface area is 240 Å². The lowest BCUT2D eigenvalue weighted by Crippen LogP contribution is -2.00. The molecule has 5 aromatic heterocycles. The molecule has 42 heavy (non-hydrogen) atoms. The highest BCUT2D eigenvalue weighted by molar-refractivity contribution is 6.06. The molecular formula is C36H22FN5. The Hall–Kier alpha value is -5.75. The molecule has 0 atom stereocenters. The Morgan fingerprint density at radius 2 is 1.14 bits per heavy atom. The van der Waals surface area contributed by atoms with Crippen molar-refractivity contribution >= 4 is 32.7 Å². The minimum absolute atomic E-state index is 0.402. The second-order valence-corrected chi connectivity index (χ2v) is 10.1. The van der Waals surface area contributed by atoms with Crippen molar-refractivity contribution in [3.63, 3.8) is 0 Å². The highest BCUT2D eigenvalue weighted by Gasteiger charge is 2.16. The molecule has 0 aliphatic heterocycles. The lowest BCUT2D eigenvalue weighted by molar-refractivity contribution is 0.626. The van der Waals surface area contributed by atoms with E-state index in [0.717, 1.165) is 44.0 Å². The lowest BCUT2D eigenvalue weighted by Gasteiger charge is -2.11. The van der Waals surface area contributed by atoms with Crippen LogP contribution in [-0.2, 0) is 0 Å². The Morgan fingerprint density at radius 1 is 0.500 bits per heavy atom. The van der Waals surface area contributed by atoms with Crippen LogP contribution in [0.5, 0.6) is 0 Å². The van der Waals surface area contributed by atoms with E-state index in [1.54, 1.807) is 6.20 Å². The first-order valence-corrected chi connectivity index (χ1v) is 13.7. The van der Waals surface area contributed by atoms with E-state index in [-0.39, 0.29) is 0 Å². The van der Waals surface area contributed by atoms with Gasteiger partial charge in [-0.3, -0.25) is 9.55 Å². The maximum atomic E-state index is 15.1. The summed E-state index contributed by atoms with van der Waals surface area (Å²) in [4.78, 5) is 19.3. The molecule has 3 aromatic carbocycles. The second kappa shape index (κ2) is 9.71. The highest BCUT2D eigenvalue weighted by atomic mass is 19.1. The molecule has 0 N–H and O–H groups in total. The van der Waals surface area contributed by atoms with Crippen molar-refractivity contribution in [3.8, 4) is 39.9 Å². The fraction of sp³-hybridized carbons (Fsp3) is 0. The predicted molar refractivity (Wildman–Crippen MR) is 166 cm³/mol. The Kier molecular flexibility index (Phi) is 5.57. The van der Waals surface area contributed by atoms with Crippen molar-refractivity contribution < 1.29 is 4.39 Å². The van der Waals surface area contributed by atoms with E-state index in [4.69, 9.17) is 15.0 Å². The summed E-state index contributed by atoms with van der Waals surface area (Å²) in [7, 11) is 0. The van der Waals surface area contributed by atoms with Crippen LogP contribution in [0, 0.1) is 5.82 Å². The third-order valence-electron chi connectivity index (χ3n) is 7.52. The normalized spacial score (nSPS) is 11.5. The van der Waals surface area contributed by atoms with E-state index < -0.39 is 5.82 Å². The number of hydrogen-bond donors (Lipinski definition) is 0. The van der Waals surface area contributed by atoms with E-state index >= 15 is 4.39 Å². The topological polar surface area (TPSA) is 56.5 Å². The largest absolute Gasteiger partial charge is 0.292 e. The van der Waals surface area contributed by atoms with Gasteiger partial charge in [-0.1, -0.05) is 72.8 Å². The van der Waals surface area contributed by atoms with Crippen LogP contribution in [0.25, 0.3) is 72.6 Å². The molecule has 0 bridgehead atoms. The monoisotopic (exact) mass is 543 g/mol. The van der Waals surface area contributed by atoms with Crippen LogP contribution in [0.4, 0.5) is 4.39 Å². The zero-order valence-corrected chi connectivity index (χ0v) is 22.3. The zero-order valence-electron chi connectivity index (χ0n) is 22.3. The Bertz CT molecular complexity index is 2230. The summed E-state index contributed by atoms with van der Waals surface area (Å²) in [5.41, 5.74) is 6.70. The fourth-order valence-corrected chi connectivity index (χ4v) is 5.66. The van der Waals surface area contributed by atoms with Gasteiger partial charge >= 0.3 is 0 Å². The minimum Gasteiger partial charge on any atom is -0.292 e. The minimum atomic E-state index is -0.402. The molecule has 0 fully saturated rings. The number of rotatable bonds is 4. The van der Waals surface area contributed by atoms with Gasteiger partial charge in [-0.2, -0.15) is 0 Å². The molecular weight excluding hydrogens is 521 g/mol. The number of pyridine rings is 4. The van der Waals surface area contributed by atoms with Gasteiger partial charge in [0.15, 0.2) is 0 Å². The van der Waals surface area contributed by atoms with Gasteiger partial charge in [0.25, 0.3) is 0 Å². The molecule has 0 saturated carbocycles. The van der Waals surface area contributed by atoms with Gasteiger partial charge in [0.05, 0.1) is 45.0 Å². The third-order valence-corrected chi connectivity index (χ3v) is 7.52. The maximum Gasteiger partial charge on any atom is 0.138 e. The molecule has 0 amide bonds. The summed E-state index contributed by atoms with van der Waals surface area (Å²) in [6.07, 6.45) is 1.80. The number of nitrogens with zero attached hydrogens (tertiary/aromatic N) is 5. The molecule has 0 aliphatic carbocycles. The Morgan fingerprint density at radius 3 is 2.02 bits per heavy atom. The number of hydrogen-bond acceptors (Lipinski definition) is 4. The molecule has 6 heteroatoms. The predicted octanol–water partition coefficient (Wildman–Crippen LogP) is 8.66. The molecule has 0 unspecified atom stereocenters. The van der Waals surface area contributed by atoms with Crippen LogP contribution in [0.15, 0.2) is 134 Å². The van der Waals surface area contributed by atoms with Crippen LogP contribution in [-0.4, -0.2) is 24.5 Å².